The first-order valence-corrected chi connectivity index (χ1v) is 12.5. The lowest BCUT2D eigenvalue weighted by atomic mass is 9.90. The van der Waals surface area contributed by atoms with Crippen LogP contribution in [0.4, 0.5) is 35.5 Å². The lowest BCUT2D eigenvalue weighted by Gasteiger charge is -2.28. The number of carbonyl (C=O) groups excluding carboxylic acids is 1. The van der Waals surface area contributed by atoms with Crippen LogP contribution >= 0.6 is 0 Å². The van der Waals surface area contributed by atoms with Crippen LogP contribution in [0.25, 0.3) is 5.57 Å². The lowest BCUT2D eigenvalue weighted by Crippen LogP contribution is -2.35. The number of hydrogen-bond donors (Lipinski definition) is 0. The SMILES string of the molecule is COc1cc(F)c(C(C)C)cc1C1=C(CN2C(=O)OC(c3cc(C(F)(F)F)cc(C(F)(F)F)c3)C2C)COCC1. The van der Waals surface area contributed by atoms with E-state index in [1.54, 1.807) is 6.07 Å². The molecule has 2 aliphatic heterocycles. The number of ether oxygens (including phenoxy) is 3. The van der Waals surface area contributed by atoms with Crippen molar-refractivity contribution in [1.29, 1.82) is 0 Å². The molecule has 2 heterocycles. The van der Waals surface area contributed by atoms with Crippen LogP contribution in [0.2, 0.25) is 0 Å². The minimum Gasteiger partial charge on any atom is -0.496 e. The highest BCUT2D eigenvalue weighted by molar-refractivity contribution is 5.77. The number of nitrogens with zero attached hydrogens (tertiary/aromatic N) is 1. The molecule has 0 aromatic heterocycles. The molecule has 2 aliphatic rings. The van der Waals surface area contributed by atoms with Crippen LogP contribution in [0.15, 0.2) is 35.9 Å². The molecule has 0 radical (unpaired) electrons. The number of amides is 1. The third-order valence-electron chi connectivity index (χ3n) is 7.16. The van der Waals surface area contributed by atoms with Crippen molar-refractivity contribution in [3.8, 4) is 5.75 Å². The average molecular weight is 576 g/mol. The van der Waals surface area contributed by atoms with E-state index in [2.05, 4.69) is 0 Å². The highest BCUT2D eigenvalue weighted by atomic mass is 19.4. The number of hydrogen-bond acceptors (Lipinski definition) is 4. The van der Waals surface area contributed by atoms with E-state index in [9.17, 15) is 35.5 Å². The Bertz CT molecular complexity index is 1280. The van der Waals surface area contributed by atoms with E-state index >= 15 is 0 Å². The molecule has 218 valence electrons. The van der Waals surface area contributed by atoms with E-state index in [0.29, 0.717) is 41.9 Å². The summed E-state index contributed by atoms with van der Waals surface area (Å²) < 4.78 is 111. The predicted octanol–water partition coefficient (Wildman–Crippen LogP) is 7.75. The minimum atomic E-state index is -5.04. The molecule has 40 heavy (non-hydrogen) atoms. The van der Waals surface area contributed by atoms with E-state index in [4.69, 9.17) is 14.2 Å². The maximum atomic E-state index is 14.6. The van der Waals surface area contributed by atoms with Crippen LogP contribution in [0.3, 0.4) is 0 Å². The van der Waals surface area contributed by atoms with Gasteiger partial charge in [-0.15, -0.1) is 0 Å². The number of carbonyl (C=O) groups is 1. The van der Waals surface area contributed by atoms with Crippen molar-refractivity contribution in [3.05, 3.63) is 69.5 Å². The molecule has 1 amide bonds. The number of halogens is 7. The van der Waals surface area contributed by atoms with Crippen LogP contribution in [-0.4, -0.2) is 43.9 Å². The first kappa shape index (κ1) is 29.7. The Kier molecular flexibility index (Phi) is 8.13. The topological polar surface area (TPSA) is 48.0 Å². The molecule has 0 N–H and O–H groups in total. The van der Waals surface area contributed by atoms with Gasteiger partial charge in [-0.05, 0) is 65.8 Å². The molecule has 2 atom stereocenters. The number of alkyl halides is 6. The number of cyclic esters (lactones) is 1. The molecule has 2 aromatic carbocycles. The molecule has 2 unspecified atom stereocenters. The maximum Gasteiger partial charge on any atom is 0.416 e. The van der Waals surface area contributed by atoms with Gasteiger partial charge in [-0.2, -0.15) is 26.3 Å². The van der Waals surface area contributed by atoms with Crippen molar-refractivity contribution in [2.24, 2.45) is 0 Å². The Morgan fingerprint density at radius 3 is 2.20 bits per heavy atom. The Morgan fingerprint density at radius 1 is 1.02 bits per heavy atom. The van der Waals surface area contributed by atoms with E-state index < -0.39 is 53.1 Å². The van der Waals surface area contributed by atoms with Crippen molar-refractivity contribution in [2.75, 3.05) is 26.9 Å². The maximum absolute atomic E-state index is 14.6. The predicted molar refractivity (Wildman–Crippen MR) is 131 cm³/mol. The molecule has 12 heteroatoms. The van der Waals surface area contributed by atoms with Gasteiger partial charge in [0.2, 0.25) is 0 Å². The third kappa shape index (κ3) is 5.91. The molecule has 0 spiro atoms. The van der Waals surface area contributed by atoms with Gasteiger partial charge in [0.05, 0.1) is 37.5 Å². The summed E-state index contributed by atoms with van der Waals surface area (Å²) in [7, 11) is 1.40. The van der Waals surface area contributed by atoms with Crippen molar-refractivity contribution in [3.63, 3.8) is 0 Å². The van der Waals surface area contributed by atoms with Gasteiger partial charge >= 0.3 is 18.4 Å². The van der Waals surface area contributed by atoms with Gasteiger partial charge in [-0.25, -0.2) is 9.18 Å². The molecule has 1 fully saturated rings. The van der Waals surface area contributed by atoms with E-state index in [1.807, 2.05) is 13.8 Å². The molecule has 1 saturated heterocycles. The monoisotopic (exact) mass is 575 g/mol. The molecule has 0 bridgehead atoms. The summed E-state index contributed by atoms with van der Waals surface area (Å²) in [6, 6.07) is 3.24. The van der Waals surface area contributed by atoms with Crippen LogP contribution in [0.1, 0.15) is 67.0 Å². The number of benzene rings is 2. The van der Waals surface area contributed by atoms with Crippen molar-refractivity contribution in [2.45, 2.75) is 57.6 Å². The zero-order valence-electron chi connectivity index (χ0n) is 22.2. The van der Waals surface area contributed by atoms with Gasteiger partial charge in [-0.3, -0.25) is 4.90 Å². The fourth-order valence-corrected chi connectivity index (χ4v) is 5.03. The first-order chi connectivity index (χ1) is 18.6. The molecule has 0 saturated carbocycles. The average Bonchev–Trinajstić information content (AvgIpc) is 3.15. The van der Waals surface area contributed by atoms with Crippen molar-refractivity contribution < 1.29 is 49.7 Å². The highest BCUT2D eigenvalue weighted by Crippen LogP contribution is 2.42. The quantitative estimate of drug-likeness (QED) is 0.331. The molecule has 2 aromatic rings. The van der Waals surface area contributed by atoms with Gasteiger partial charge < -0.3 is 14.2 Å². The zero-order chi connectivity index (χ0) is 29.6. The van der Waals surface area contributed by atoms with E-state index in [-0.39, 0.29) is 30.9 Å². The Labute approximate surface area is 226 Å². The summed E-state index contributed by atoms with van der Waals surface area (Å²) in [6.07, 6.45) is -11.9. The smallest absolute Gasteiger partial charge is 0.416 e. The lowest BCUT2D eigenvalue weighted by molar-refractivity contribution is -0.143. The molecular formula is C28H28F7NO4. The Balaban J connectivity index is 1.71. The Morgan fingerprint density at radius 2 is 1.65 bits per heavy atom. The summed E-state index contributed by atoms with van der Waals surface area (Å²) in [4.78, 5) is 14.1. The molecule has 0 aliphatic carbocycles. The highest BCUT2D eigenvalue weighted by Gasteiger charge is 2.43. The van der Waals surface area contributed by atoms with E-state index in [1.165, 1.54) is 25.0 Å². The number of rotatable bonds is 6. The van der Waals surface area contributed by atoms with Gasteiger partial charge in [0.25, 0.3) is 0 Å². The van der Waals surface area contributed by atoms with Crippen molar-refractivity contribution >= 4 is 11.7 Å². The fraction of sp³-hybridized carbons (Fsp3) is 0.464. The van der Waals surface area contributed by atoms with Crippen LogP contribution < -0.4 is 4.74 Å². The summed E-state index contributed by atoms with van der Waals surface area (Å²) >= 11 is 0. The Hall–Kier alpha value is -3.28. The second kappa shape index (κ2) is 10.9. The summed E-state index contributed by atoms with van der Waals surface area (Å²) in [5.41, 5.74) is -0.921. The molecule has 4 rings (SSSR count). The van der Waals surface area contributed by atoms with Gasteiger partial charge in [0.1, 0.15) is 17.7 Å². The molecule has 5 nitrogen and oxygen atoms in total. The second-order valence-corrected chi connectivity index (χ2v) is 10.1. The van der Waals surface area contributed by atoms with Crippen molar-refractivity contribution in [1.82, 2.24) is 4.90 Å². The fourth-order valence-electron chi connectivity index (χ4n) is 5.03. The minimum absolute atomic E-state index is 0.0284. The standard InChI is InChI=1S/C28H28F7NO4/c1-14(2)21-10-22(24(38-4)11-23(21)29)20-5-6-39-13-17(20)12-36-15(3)25(40-26(36)37)16-7-18(27(30,31)32)9-19(8-16)28(33,34)35/h7-11,14-15,25H,5-6,12-13H2,1-4H3. The van der Waals surface area contributed by atoms with Gasteiger partial charge in [0, 0.05) is 18.2 Å². The summed E-state index contributed by atoms with van der Waals surface area (Å²) in [6.45, 7) is 5.57. The largest absolute Gasteiger partial charge is 0.496 e. The van der Waals surface area contributed by atoms with Crippen LogP contribution in [0, 0.1) is 5.82 Å². The zero-order valence-corrected chi connectivity index (χ0v) is 22.2. The third-order valence-corrected chi connectivity index (χ3v) is 7.16. The summed E-state index contributed by atoms with van der Waals surface area (Å²) in [5.74, 6) is -0.268. The number of methoxy groups -OCH3 is 1. The normalized spacial score (nSPS) is 20.4. The second-order valence-electron chi connectivity index (χ2n) is 10.1. The molecular weight excluding hydrogens is 547 g/mol. The van der Waals surface area contributed by atoms with E-state index in [0.717, 1.165) is 5.57 Å². The van der Waals surface area contributed by atoms with Crippen LogP contribution in [0.5, 0.6) is 5.75 Å². The summed E-state index contributed by atoms with van der Waals surface area (Å²) in [5, 5.41) is 0. The van der Waals surface area contributed by atoms with Gasteiger partial charge in [-0.1, -0.05) is 13.8 Å². The first-order valence-electron chi connectivity index (χ1n) is 12.5. The van der Waals surface area contributed by atoms with Crippen LogP contribution in [-0.2, 0) is 21.8 Å². The van der Waals surface area contributed by atoms with Gasteiger partial charge in [0.15, 0.2) is 0 Å².